The Labute approximate surface area is 98.5 Å². The number of aryl methyl sites for hydroxylation is 1. The normalized spacial score (nSPS) is 12.9. The maximum Gasteiger partial charge on any atom is 0.168 e. The first kappa shape index (κ1) is 11.2. The van der Waals surface area contributed by atoms with E-state index in [0.29, 0.717) is 0 Å². The van der Waals surface area contributed by atoms with E-state index >= 15 is 0 Å². The van der Waals surface area contributed by atoms with Gasteiger partial charge in [0.25, 0.3) is 0 Å². The molecule has 0 amide bonds. The van der Waals surface area contributed by atoms with Crippen molar-refractivity contribution in [2.45, 2.75) is 26.4 Å². The molecule has 0 fully saturated rings. The Bertz CT molecular complexity index is 461. The SMILES string of the molecule is CNC(C)c1nnnn1Cc1cscc1C. The predicted octanol–water partition coefficient (Wildman–Crippen LogP) is 1.37. The molecular weight excluding hydrogens is 222 g/mol. The summed E-state index contributed by atoms with van der Waals surface area (Å²) in [6, 6.07) is 0.161. The van der Waals surface area contributed by atoms with E-state index in [4.69, 9.17) is 0 Å². The molecule has 0 radical (unpaired) electrons. The van der Waals surface area contributed by atoms with Crippen LogP contribution in [0.4, 0.5) is 0 Å². The van der Waals surface area contributed by atoms with E-state index in [0.717, 1.165) is 12.4 Å². The molecule has 0 aliphatic heterocycles. The Morgan fingerprint density at radius 3 is 2.94 bits per heavy atom. The number of nitrogens with one attached hydrogen (secondary N) is 1. The number of tetrazole rings is 1. The molecule has 1 unspecified atom stereocenters. The topological polar surface area (TPSA) is 55.6 Å². The second kappa shape index (κ2) is 4.71. The molecule has 0 aliphatic rings. The van der Waals surface area contributed by atoms with Crippen molar-refractivity contribution in [2.24, 2.45) is 0 Å². The number of hydrogen-bond acceptors (Lipinski definition) is 5. The number of aromatic nitrogens is 4. The molecule has 0 spiro atoms. The maximum atomic E-state index is 4.04. The quantitative estimate of drug-likeness (QED) is 0.872. The van der Waals surface area contributed by atoms with Gasteiger partial charge in [0.15, 0.2) is 5.82 Å². The van der Waals surface area contributed by atoms with Crippen LogP contribution in [0.5, 0.6) is 0 Å². The number of nitrogens with zero attached hydrogens (tertiary/aromatic N) is 4. The standard InChI is InChI=1S/C10H15N5S/c1-7-5-16-6-9(7)4-15-10(8(2)11-3)12-13-14-15/h5-6,8,11H,4H2,1-3H3. The van der Waals surface area contributed by atoms with Crippen LogP contribution in [0.3, 0.4) is 0 Å². The average Bonchev–Trinajstić information content (AvgIpc) is 2.88. The van der Waals surface area contributed by atoms with Crippen LogP contribution in [0.1, 0.15) is 29.9 Å². The van der Waals surface area contributed by atoms with Crippen LogP contribution in [-0.2, 0) is 6.54 Å². The zero-order chi connectivity index (χ0) is 11.5. The fourth-order valence-electron chi connectivity index (χ4n) is 1.47. The summed E-state index contributed by atoms with van der Waals surface area (Å²) in [5.41, 5.74) is 2.57. The van der Waals surface area contributed by atoms with E-state index in [-0.39, 0.29) is 6.04 Å². The van der Waals surface area contributed by atoms with Gasteiger partial charge in [0.05, 0.1) is 12.6 Å². The van der Waals surface area contributed by atoms with Crippen LogP contribution in [0, 0.1) is 6.92 Å². The molecule has 0 saturated heterocycles. The van der Waals surface area contributed by atoms with Crippen LogP contribution in [0.25, 0.3) is 0 Å². The largest absolute Gasteiger partial charge is 0.311 e. The highest BCUT2D eigenvalue weighted by Crippen LogP contribution is 2.16. The van der Waals surface area contributed by atoms with Gasteiger partial charge in [-0.05, 0) is 53.2 Å². The summed E-state index contributed by atoms with van der Waals surface area (Å²) in [5.74, 6) is 0.869. The third kappa shape index (κ3) is 2.12. The molecule has 2 rings (SSSR count). The fourth-order valence-corrected chi connectivity index (χ4v) is 2.32. The summed E-state index contributed by atoms with van der Waals surface area (Å²) in [6.45, 7) is 4.89. The van der Waals surface area contributed by atoms with Crippen molar-refractivity contribution in [1.82, 2.24) is 25.5 Å². The van der Waals surface area contributed by atoms with Crippen molar-refractivity contribution in [3.8, 4) is 0 Å². The lowest BCUT2D eigenvalue weighted by molar-refractivity contribution is 0.540. The third-order valence-electron chi connectivity index (χ3n) is 2.66. The highest BCUT2D eigenvalue weighted by Gasteiger charge is 2.13. The van der Waals surface area contributed by atoms with E-state index in [9.17, 15) is 0 Å². The monoisotopic (exact) mass is 237 g/mol. The molecule has 2 aromatic heterocycles. The lowest BCUT2D eigenvalue weighted by Gasteiger charge is -2.09. The first-order chi connectivity index (χ1) is 7.72. The first-order valence-electron chi connectivity index (χ1n) is 5.17. The Morgan fingerprint density at radius 1 is 1.50 bits per heavy atom. The minimum absolute atomic E-state index is 0.161. The van der Waals surface area contributed by atoms with Crippen molar-refractivity contribution in [2.75, 3.05) is 7.05 Å². The Balaban J connectivity index is 2.22. The summed E-state index contributed by atoms with van der Waals surface area (Å²) < 4.78 is 1.84. The molecule has 2 heterocycles. The molecule has 0 bridgehead atoms. The molecule has 16 heavy (non-hydrogen) atoms. The van der Waals surface area contributed by atoms with Gasteiger partial charge >= 0.3 is 0 Å². The summed E-state index contributed by atoms with van der Waals surface area (Å²) >= 11 is 1.71. The average molecular weight is 237 g/mol. The van der Waals surface area contributed by atoms with Gasteiger partial charge in [0.1, 0.15) is 0 Å². The second-order valence-electron chi connectivity index (χ2n) is 3.79. The highest BCUT2D eigenvalue weighted by atomic mass is 32.1. The fraction of sp³-hybridized carbons (Fsp3) is 0.500. The molecule has 1 atom stereocenters. The first-order valence-corrected chi connectivity index (χ1v) is 6.11. The minimum atomic E-state index is 0.161. The van der Waals surface area contributed by atoms with E-state index in [1.54, 1.807) is 11.3 Å². The van der Waals surface area contributed by atoms with E-state index in [2.05, 4.69) is 38.5 Å². The summed E-state index contributed by atoms with van der Waals surface area (Å²) in [5, 5.41) is 19.2. The van der Waals surface area contributed by atoms with Gasteiger partial charge < -0.3 is 5.32 Å². The van der Waals surface area contributed by atoms with Gasteiger partial charge in [-0.15, -0.1) is 5.10 Å². The van der Waals surface area contributed by atoms with Gasteiger partial charge in [0, 0.05) is 0 Å². The third-order valence-corrected chi connectivity index (χ3v) is 3.57. The van der Waals surface area contributed by atoms with Crippen LogP contribution in [0.15, 0.2) is 10.8 Å². The van der Waals surface area contributed by atoms with Gasteiger partial charge in [-0.2, -0.15) is 11.3 Å². The minimum Gasteiger partial charge on any atom is -0.311 e. The molecule has 6 heteroatoms. The van der Waals surface area contributed by atoms with Crippen molar-refractivity contribution >= 4 is 11.3 Å². The van der Waals surface area contributed by atoms with Crippen LogP contribution in [-0.4, -0.2) is 27.3 Å². The lowest BCUT2D eigenvalue weighted by atomic mass is 10.2. The Morgan fingerprint density at radius 2 is 2.31 bits per heavy atom. The summed E-state index contributed by atoms with van der Waals surface area (Å²) in [4.78, 5) is 0. The van der Waals surface area contributed by atoms with Crippen molar-refractivity contribution in [3.63, 3.8) is 0 Å². The molecular formula is C10H15N5S. The van der Waals surface area contributed by atoms with Crippen LogP contribution < -0.4 is 5.32 Å². The van der Waals surface area contributed by atoms with Crippen LogP contribution >= 0.6 is 11.3 Å². The summed E-state index contributed by atoms with van der Waals surface area (Å²) in [6.07, 6.45) is 0. The zero-order valence-corrected chi connectivity index (χ0v) is 10.5. The zero-order valence-electron chi connectivity index (χ0n) is 9.64. The van der Waals surface area contributed by atoms with E-state index in [1.165, 1.54) is 11.1 Å². The molecule has 1 N–H and O–H groups in total. The molecule has 5 nitrogen and oxygen atoms in total. The van der Waals surface area contributed by atoms with E-state index in [1.807, 2.05) is 18.7 Å². The number of hydrogen-bond donors (Lipinski definition) is 1. The molecule has 0 aromatic carbocycles. The van der Waals surface area contributed by atoms with Gasteiger partial charge in [-0.3, -0.25) is 0 Å². The molecule has 86 valence electrons. The second-order valence-corrected chi connectivity index (χ2v) is 4.53. The Kier molecular flexibility index (Phi) is 3.31. The van der Waals surface area contributed by atoms with Crippen molar-refractivity contribution in [1.29, 1.82) is 0 Å². The molecule has 2 aromatic rings. The lowest BCUT2D eigenvalue weighted by Crippen LogP contribution is -2.19. The summed E-state index contributed by atoms with van der Waals surface area (Å²) in [7, 11) is 1.90. The number of thiophene rings is 1. The van der Waals surface area contributed by atoms with Gasteiger partial charge in [-0.25, -0.2) is 4.68 Å². The van der Waals surface area contributed by atoms with Crippen molar-refractivity contribution in [3.05, 3.63) is 27.7 Å². The van der Waals surface area contributed by atoms with Gasteiger partial charge in [0.2, 0.25) is 0 Å². The molecule has 0 saturated carbocycles. The highest BCUT2D eigenvalue weighted by molar-refractivity contribution is 7.08. The van der Waals surface area contributed by atoms with E-state index < -0.39 is 0 Å². The predicted molar refractivity (Wildman–Crippen MR) is 63.4 cm³/mol. The maximum absolute atomic E-state index is 4.04. The molecule has 0 aliphatic carbocycles. The smallest absolute Gasteiger partial charge is 0.168 e. The Hall–Kier alpha value is -1.27. The van der Waals surface area contributed by atoms with Crippen LogP contribution in [0.2, 0.25) is 0 Å². The van der Waals surface area contributed by atoms with Crippen molar-refractivity contribution < 1.29 is 0 Å². The van der Waals surface area contributed by atoms with Gasteiger partial charge in [-0.1, -0.05) is 0 Å². The number of rotatable bonds is 4.